The van der Waals surface area contributed by atoms with Crippen molar-refractivity contribution < 1.29 is 4.79 Å². The smallest absolute Gasteiger partial charge is 0.271 e. The number of anilines is 2. The highest BCUT2D eigenvalue weighted by atomic mass is 32.1. The number of nitrogens with zero attached hydrogens (tertiary/aromatic N) is 4. The summed E-state index contributed by atoms with van der Waals surface area (Å²) in [6, 6.07) is 8.59. The molecule has 2 aromatic rings. The van der Waals surface area contributed by atoms with Gasteiger partial charge in [-0.25, -0.2) is 9.97 Å². The Morgan fingerprint density at radius 1 is 1.35 bits per heavy atom. The summed E-state index contributed by atoms with van der Waals surface area (Å²) in [5.74, 6) is 0.589. The first-order chi connectivity index (χ1) is 12.7. The predicted molar refractivity (Wildman–Crippen MR) is 99.3 cm³/mol. The molecule has 1 aliphatic heterocycles. The van der Waals surface area contributed by atoms with Gasteiger partial charge in [-0.15, -0.1) is 11.3 Å². The summed E-state index contributed by atoms with van der Waals surface area (Å²) in [6.45, 7) is 1.36. The van der Waals surface area contributed by atoms with Crippen molar-refractivity contribution in [3.63, 3.8) is 0 Å². The lowest BCUT2D eigenvalue weighted by atomic mass is 10.1. The SMILES string of the molecule is N#CCN1CCC[C@@H]1c1cccc(Nc2nc(C(=O)NC3CC3)cs2)n1. The van der Waals surface area contributed by atoms with Gasteiger partial charge in [-0.2, -0.15) is 5.26 Å². The Kier molecular flexibility index (Phi) is 4.82. The lowest BCUT2D eigenvalue weighted by molar-refractivity contribution is 0.0947. The Morgan fingerprint density at radius 2 is 2.23 bits per heavy atom. The molecule has 0 radical (unpaired) electrons. The molecular formula is C18H20N6OS. The van der Waals surface area contributed by atoms with Gasteiger partial charge in [0.15, 0.2) is 5.13 Å². The number of likely N-dealkylation sites (tertiary alicyclic amines) is 1. The van der Waals surface area contributed by atoms with E-state index in [0.717, 1.165) is 37.9 Å². The third-order valence-corrected chi connectivity index (χ3v) is 5.39. The first-order valence-electron chi connectivity index (χ1n) is 8.84. The molecule has 0 bridgehead atoms. The summed E-state index contributed by atoms with van der Waals surface area (Å²) in [5, 5.41) is 17.5. The molecule has 1 atom stereocenters. The minimum absolute atomic E-state index is 0.114. The molecule has 0 aromatic carbocycles. The van der Waals surface area contributed by atoms with Gasteiger partial charge in [-0.05, 0) is 44.4 Å². The first kappa shape index (κ1) is 16.9. The normalized spacial score (nSPS) is 19.9. The van der Waals surface area contributed by atoms with E-state index in [1.807, 2.05) is 18.2 Å². The maximum Gasteiger partial charge on any atom is 0.271 e. The van der Waals surface area contributed by atoms with Crippen molar-refractivity contribution in [2.45, 2.75) is 37.8 Å². The average Bonchev–Trinajstić information content (AvgIpc) is 3.14. The molecule has 1 amide bonds. The summed E-state index contributed by atoms with van der Waals surface area (Å²) in [6.07, 6.45) is 4.21. The van der Waals surface area contributed by atoms with Crippen LogP contribution in [0.4, 0.5) is 10.9 Å². The molecule has 1 saturated carbocycles. The highest BCUT2D eigenvalue weighted by Gasteiger charge is 2.27. The van der Waals surface area contributed by atoms with Crippen LogP contribution >= 0.6 is 11.3 Å². The summed E-state index contributed by atoms with van der Waals surface area (Å²) < 4.78 is 0. The molecule has 1 saturated heterocycles. The van der Waals surface area contributed by atoms with E-state index < -0.39 is 0 Å². The molecule has 2 aliphatic rings. The van der Waals surface area contributed by atoms with Gasteiger partial charge in [-0.3, -0.25) is 9.69 Å². The fourth-order valence-electron chi connectivity index (χ4n) is 3.18. The van der Waals surface area contributed by atoms with E-state index in [2.05, 4.69) is 26.6 Å². The molecule has 4 rings (SSSR count). The number of nitrogens with one attached hydrogen (secondary N) is 2. The van der Waals surface area contributed by atoms with Gasteiger partial charge in [0.2, 0.25) is 0 Å². The Labute approximate surface area is 156 Å². The number of carbonyl (C=O) groups is 1. The monoisotopic (exact) mass is 368 g/mol. The molecule has 7 nitrogen and oxygen atoms in total. The third kappa shape index (κ3) is 3.84. The number of amides is 1. The summed E-state index contributed by atoms with van der Waals surface area (Å²) in [5.41, 5.74) is 1.41. The molecular weight excluding hydrogens is 348 g/mol. The van der Waals surface area contributed by atoms with E-state index >= 15 is 0 Å². The van der Waals surface area contributed by atoms with Crippen LogP contribution in [0, 0.1) is 11.3 Å². The minimum atomic E-state index is -0.114. The van der Waals surface area contributed by atoms with Crippen LogP contribution in [-0.2, 0) is 0 Å². The number of pyridine rings is 1. The summed E-state index contributed by atoms with van der Waals surface area (Å²) >= 11 is 1.39. The van der Waals surface area contributed by atoms with Crippen molar-refractivity contribution in [2.24, 2.45) is 0 Å². The zero-order valence-electron chi connectivity index (χ0n) is 14.3. The average molecular weight is 368 g/mol. The van der Waals surface area contributed by atoms with Gasteiger partial charge >= 0.3 is 0 Å². The van der Waals surface area contributed by atoms with Crippen molar-refractivity contribution in [1.82, 2.24) is 20.2 Å². The molecule has 134 valence electrons. The zero-order valence-corrected chi connectivity index (χ0v) is 15.1. The summed E-state index contributed by atoms with van der Waals surface area (Å²) in [4.78, 5) is 23.3. The highest BCUT2D eigenvalue weighted by molar-refractivity contribution is 7.14. The van der Waals surface area contributed by atoms with E-state index in [1.165, 1.54) is 11.3 Å². The van der Waals surface area contributed by atoms with Crippen molar-refractivity contribution in [3.05, 3.63) is 35.0 Å². The molecule has 8 heteroatoms. The van der Waals surface area contributed by atoms with Crippen LogP contribution in [0.1, 0.15) is 47.9 Å². The van der Waals surface area contributed by atoms with Crippen molar-refractivity contribution in [1.29, 1.82) is 5.26 Å². The number of hydrogen-bond acceptors (Lipinski definition) is 7. The van der Waals surface area contributed by atoms with E-state index in [9.17, 15) is 4.79 Å². The second-order valence-corrected chi connectivity index (χ2v) is 7.50. The van der Waals surface area contributed by atoms with Gasteiger partial charge in [0, 0.05) is 11.4 Å². The van der Waals surface area contributed by atoms with Gasteiger partial charge in [0.05, 0.1) is 24.3 Å². The number of carbonyl (C=O) groups excluding carboxylic acids is 1. The minimum Gasteiger partial charge on any atom is -0.348 e. The van der Waals surface area contributed by atoms with Crippen LogP contribution in [0.3, 0.4) is 0 Å². The Bertz CT molecular complexity index is 840. The van der Waals surface area contributed by atoms with Crippen molar-refractivity contribution >= 4 is 28.2 Å². The molecule has 2 N–H and O–H groups in total. The molecule has 0 spiro atoms. The van der Waals surface area contributed by atoms with Gasteiger partial charge in [0.1, 0.15) is 11.5 Å². The number of rotatable bonds is 6. The van der Waals surface area contributed by atoms with Crippen LogP contribution in [0.5, 0.6) is 0 Å². The molecule has 26 heavy (non-hydrogen) atoms. The quantitative estimate of drug-likeness (QED) is 0.762. The Balaban J connectivity index is 1.45. The van der Waals surface area contributed by atoms with E-state index in [1.54, 1.807) is 5.38 Å². The van der Waals surface area contributed by atoms with Crippen molar-refractivity contribution in [3.8, 4) is 6.07 Å². The standard InChI is InChI=1S/C18H20N6OS/c19-8-10-24-9-2-4-15(24)13-3-1-5-16(21-13)23-18-22-14(11-26-18)17(25)20-12-6-7-12/h1,3,5,11-12,15H,2,4,6-7,9-10H2,(H,20,25)(H,21,22,23)/t15-/m1/s1. The zero-order chi connectivity index (χ0) is 17.9. The maximum absolute atomic E-state index is 12.0. The van der Waals surface area contributed by atoms with E-state index in [-0.39, 0.29) is 11.9 Å². The predicted octanol–water partition coefficient (Wildman–Crippen LogP) is 2.83. The largest absolute Gasteiger partial charge is 0.348 e. The van der Waals surface area contributed by atoms with Crippen LogP contribution in [-0.4, -0.2) is 39.9 Å². The molecule has 1 aliphatic carbocycles. The fourth-order valence-corrected chi connectivity index (χ4v) is 3.88. The number of thiazole rings is 1. The molecule has 2 fully saturated rings. The van der Waals surface area contributed by atoms with Crippen LogP contribution in [0.2, 0.25) is 0 Å². The molecule has 3 heterocycles. The number of hydrogen-bond donors (Lipinski definition) is 2. The van der Waals surface area contributed by atoms with Gasteiger partial charge in [0.25, 0.3) is 5.91 Å². The van der Waals surface area contributed by atoms with Crippen LogP contribution < -0.4 is 10.6 Å². The van der Waals surface area contributed by atoms with Gasteiger partial charge < -0.3 is 10.6 Å². The number of aromatic nitrogens is 2. The molecule has 0 unspecified atom stereocenters. The van der Waals surface area contributed by atoms with Crippen molar-refractivity contribution in [2.75, 3.05) is 18.4 Å². The fraction of sp³-hybridized carbons (Fsp3) is 0.444. The second-order valence-electron chi connectivity index (χ2n) is 6.64. The lowest BCUT2D eigenvalue weighted by Crippen LogP contribution is -2.25. The Morgan fingerprint density at radius 3 is 3.04 bits per heavy atom. The van der Waals surface area contributed by atoms with E-state index in [0.29, 0.717) is 29.2 Å². The van der Waals surface area contributed by atoms with Gasteiger partial charge in [-0.1, -0.05) is 6.07 Å². The highest BCUT2D eigenvalue weighted by Crippen LogP contribution is 2.31. The number of nitriles is 1. The third-order valence-electron chi connectivity index (χ3n) is 4.63. The Hall–Kier alpha value is -2.50. The first-order valence-corrected chi connectivity index (χ1v) is 9.72. The van der Waals surface area contributed by atoms with Crippen LogP contribution in [0.15, 0.2) is 23.6 Å². The molecule has 2 aromatic heterocycles. The maximum atomic E-state index is 12.0. The topological polar surface area (TPSA) is 93.9 Å². The van der Waals surface area contributed by atoms with E-state index in [4.69, 9.17) is 10.2 Å². The lowest BCUT2D eigenvalue weighted by Gasteiger charge is -2.21. The summed E-state index contributed by atoms with van der Waals surface area (Å²) in [7, 11) is 0. The second kappa shape index (κ2) is 7.40. The van der Waals surface area contributed by atoms with Crippen LogP contribution in [0.25, 0.3) is 0 Å².